The smallest absolute Gasteiger partial charge is 0.262 e. The van der Waals surface area contributed by atoms with Gasteiger partial charge < -0.3 is 10.1 Å². The zero-order valence-corrected chi connectivity index (χ0v) is 19.6. The number of amides is 2. The van der Waals surface area contributed by atoms with Crippen LogP contribution in [0.5, 0.6) is 5.75 Å². The fraction of sp³-hybridized carbons (Fsp3) is 0.125. The minimum Gasteiger partial charge on any atom is -0.484 e. The van der Waals surface area contributed by atoms with Crippen molar-refractivity contribution in [1.82, 2.24) is 5.43 Å². The van der Waals surface area contributed by atoms with E-state index < -0.39 is 0 Å². The molecule has 32 heavy (non-hydrogen) atoms. The van der Waals surface area contributed by atoms with Crippen molar-refractivity contribution in [1.29, 1.82) is 0 Å². The highest BCUT2D eigenvalue weighted by molar-refractivity contribution is 9.10. The Morgan fingerprint density at radius 2 is 1.66 bits per heavy atom. The molecule has 0 fully saturated rings. The first kappa shape index (κ1) is 23.6. The first-order valence-corrected chi connectivity index (χ1v) is 11.8. The van der Waals surface area contributed by atoms with Gasteiger partial charge in [0.25, 0.3) is 5.91 Å². The minimum atomic E-state index is -0.234. The van der Waals surface area contributed by atoms with Crippen LogP contribution in [0.4, 0.5) is 5.69 Å². The van der Waals surface area contributed by atoms with Crippen LogP contribution in [0.25, 0.3) is 0 Å². The highest BCUT2D eigenvalue weighted by Gasteiger charge is 2.04. The van der Waals surface area contributed by atoms with E-state index in [1.165, 1.54) is 11.8 Å². The van der Waals surface area contributed by atoms with Gasteiger partial charge in [0.05, 0.1) is 12.0 Å². The number of rotatable bonds is 10. The van der Waals surface area contributed by atoms with Gasteiger partial charge >= 0.3 is 0 Å². The van der Waals surface area contributed by atoms with Crippen LogP contribution >= 0.6 is 27.7 Å². The molecule has 0 radical (unpaired) electrons. The largest absolute Gasteiger partial charge is 0.484 e. The zero-order chi connectivity index (χ0) is 22.6. The molecule has 0 unspecified atom stereocenters. The number of carbonyl (C=O) groups excluding carboxylic acids is 2. The first-order valence-electron chi connectivity index (χ1n) is 9.81. The van der Waals surface area contributed by atoms with Crippen LogP contribution in [0.1, 0.15) is 11.1 Å². The summed E-state index contributed by atoms with van der Waals surface area (Å²) in [4.78, 5) is 23.9. The molecule has 3 rings (SSSR count). The number of halogens is 1. The molecule has 0 heterocycles. The summed E-state index contributed by atoms with van der Waals surface area (Å²) in [5.41, 5.74) is 5.19. The summed E-state index contributed by atoms with van der Waals surface area (Å²) in [6.45, 7) is -0.0877. The molecule has 0 aliphatic rings. The summed E-state index contributed by atoms with van der Waals surface area (Å²) in [6.07, 6.45) is 1.56. The Morgan fingerprint density at radius 1 is 0.938 bits per heavy atom. The average Bonchev–Trinajstić information content (AvgIpc) is 2.80. The first-order chi connectivity index (χ1) is 15.6. The van der Waals surface area contributed by atoms with Gasteiger partial charge in [-0.05, 0) is 53.6 Å². The molecule has 8 heteroatoms. The van der Waals surface area contributed by atoms with E-state index >= 15 is 0 Å². The molecule has 3 aromatic carbocycles. The summed E-state index contributed by atoms with van der Waals surface area (Å²) in [6, 6.07) is 24.2. The van der Waals surface area contributed by atoms with E-state index in [-0.39, 0.29) is 18.4 Å². The van der Waals surface area contributed by atoms with Crippen molar-refractivity contribution in [2.45, 2.75) is 5.75 Å². The van der Waals surface area contributed by atoms with E-state index in [1.807, 2.05) is 54.6 Å². The monoisotopic (exact) mass is 511 g/mol. The van der Waals surface area contributed by atoms with Crippen LogP contribution < -0.4 is 15.5 Å². The number of anilines is 1. The van der Waals surface area contributed by atoms with E-state index in [4.69, 9.17) is 4.74 Å². The molecule has 0 atom stereocenters. The lowest BCUT2D eigenvalue weighted by molar-refractivity contribution is -0.119. The van der Waals surface area contributed by atoms with Crippen molar-refractivity contribution >= 4 is 51.4 Å². The number of ether oxygens (including phenoxy) is 1. The van der Waals surface area contributed by atoms with Crippen molar-refractivity contribution in [2.24, 2.45) is 5.10 Å². The van der Waals surface area contributed by atoms with Crippen LogP contribution in [-0.2, 0) is 15.3 Å². The van der Waals surface area contributed by atoms with Gasteiger partial charge in [0.1, 0.15) is 5.75 Å². The van der Waals surface area contributed by atoms with Crippen LogP contribution in [0.15, 0.2) is 88.4 Å². The molecular weight excluding hydrogens is 490 g/mol. The van der Waals surface area contributed by atoms with Gasteiger partial charge in [-0.2, -0.15) is 5.10 Å². The number of hydrazone groups is 1. The Balaban J connectivity index is 1.35. The van der Waals surface area contributed by atoms with E-state index in [0.717, 1.165) is 27.0 Å². The summed E-state index contributed by atoms with van der Waals surface area (Å²) in [5, 5.41) is 6.74. The molecule has 0 bridgehead atoms. The quantitative estimate of drug-likeness (QED) is 0.301. The van der Waals surface area contributed by atoms with Crippen molar-refractivity contribution in [3.8, 4) is 5.75 Å². The molecule has 0 aliphatic carbocycles. The molecular formula is C24H22BrN3O3S. The topological polar surface area (TPSA) is 79.8 Å². The highest BCUT2D eigenvalue weighted by Crippen LogP contribution is 2.21. The van der Waals surface area contributed by atoms with E-state index in [9.17, 15) is 9.59 Å². The standard InChI is InChI=1S/C24H22BrN3O3S/c25-22-9-5-4-6-19(22)16-32-17-24(30)28-26-14-18-10-12-21(13-11-18)31-15-23(29)27-20-7-2-1-3-8-20/h1-14H,15-17H2,(H,27,29)(H,28,30). The van der Waals surface area contributed by atoms with Gasteiger partial charge in [-0.25, -0.2) is 5.43 Å². The number of thioether (sulfide) groups is 1. The number of carbonyl (C=O) groups is 2. The number of para-hydroxylation sites is 1. The maximum atomic E-state index is 11.9. The molecule has 2 N–H and O–H groups in total. The normalized spacial score (nSPS) is 10.7. The second kappa shape index (κ2) is 12.7. The molecule has 0 saturated heterocycles. The lowest BCUT2D eigenvalue weighted by Gasteiger charge is -2.07. The molecule has 6 nitrogen and oxygen atoms in total. The van der Waals surface area contributed by atoms with Crippen molar-refractivity contribution in [2.75, 3.05) is 17.7 Å². The molecule has 2 amide bonds. The highest BCUT2D eigenvalue weighted by atomic mass is 79.9. The molecule has 0 saturated carbocycles. The average molecular weight is 512 g/mol. The lowest BCUT2D eigenvalue weighted by Crippen LogP contribution is -2.20. The Bertz CT molecular complexity index is 1060. The Morgan fingerprint density at radius 3 is 2.41 bits per heavy atom. The van der Waals surface area contributed by atoms with Gasteiger partial charge in [-0.3, -0.25) is 9.59 Å². The summed E-state index contributed by atoms with van der Waals surface area (Å²) >= 11 is 5.02. The molecule has 0 aliphatic heterocycles. The fourth-order valence-corrected chi connectivity index (χ4v) is 4.03. The number of hydrogen-bond acceptors (Lipinski definition) is 5. The number of benzene rings is 3. The summed E-state index contributed by atoms with van der Waals surface area (Å²) in [7, 11) is 0. The summed E-state index contributed by atoms with van der Waals surface area (Å²) < 4.78 is 6.53. The van der Waals surface area contributed by atoms with E-state index in [0.29, 0.717) is 11.5 Å². The molecule has 3 aromatic rings. The minimum absolute atomic E-state index is 0.0877. The Hall–Kier alpha value is -3.10. The fourth-order valence-electron chi connectivity index (χ4n) is 2.60. The molecule has 0 spiro atoms. The van der Waals surface area contributed by atoms with Crippen LogP contribution in [-0.4, -0.2) is 30.4 Å². The van der Waals surface area contributed by atoms with Gasteiger partial charge in [0.2, 0.25) is 5.91 Å². The van der Waals surface area contributed by atoms with Gasteiger partial charge in [0.15, 0.2) is 6.61 Å². The zero-order valence-electron chi connectivity index (χ0n) is 17.2. The van der Waals surface area contributed by atoms with Crippen LogP contribution in [0, 0.1) is 0 Å². The number of nitrogens with one attached hydrogen (secondary N) is 2. The third kappa shape index (κ3) is 8.20. The lowest BCUT2D eigenvalue weighted by atomic mass is 10.2. The predicted octanol–water partition coefficient (Wildman–Crippen LogP) is 4.85. The van der Waals surface area contributed by atoms with Crippen LogP contribution in [0.2, 0.25) is 0 Å². The van der Waals surface area contributed by atoms with Crippen molar-refractivity contribution in [3.63, 3.8) is 0 Å². The number of nitrogens with zero attached hydrogens (tertiary/aromatic N) is 1. The predicted molar refractivity (Wildman–Crippen MR) is 133 cm³/mol. The van der Waals surface area contributed by atoms with Gasteiger partial charge in [-0.15, -0.1) is 11.8 Å². The van der Waals surface area contributed by atoms with Crippen molar-refractivity contribution < 1.29 is 14.3 Å². The Kier molecular flexibility index (Phi) is 9.34. The third-order valence-corrected chi connectivity index (χ3v) is 5.91. The third-order valence-electron chi connectivity index (χ3n) is 4.16. The number of hydrogen-bond donors (Lipinski definition) is 2. The second-order valence-corrected chi connectivity index (χ2v) is 8.49. The van der Waals surface area contributed by atoms with Gasteiger partial charge in [0, 0.05) is 15.9 Å². The SMILES string of the molecule is O=C(CSCc1ccccc1Br)NN=Cc1ccc(OCC(=O)Nc2ccccc2)cc1. The Labute approximate surface area is 199 Å². The van der Waals surface area contributed by atoms with Gasteiger partial charge in [-0.1, -0.05) is 52.3 Å². The molecule has 0 aromatic heterocycles. The second-order valence-electron chi connectivity index (χ2n) is 6.65. The maximum Gasteiger partial charge on any atom is 0.262 e. The van der Waals surface area contributed by atoms with E-state index in [1.54, 1.807) is 30.5 Å². The molecule has 164 valence electrons. The summed E-state index contributed by atoms with van der Waals surface area (Å²) in [5.74, 6) is 1.22. The van der Waals surface area contributed by atoms with Crippen molar-refractivity contribution in [3.05, 3.63) is 94.5 Å². The van der Waals surface area contributed by atoms with Crippen LogP contribution in [0.3, 0.4) is 0 Å². The maximum absolute atomic E-state index is 11.9. The van der Waals surface area contributed by atoms with E-state index in [2.05, 4.69) is 31.8 Å².